The largest absolute Gasteiger partial charge is 0.472 e. The van der Waals surface area contributed by atoms with Gasteiger partial charge in [-0.25, -0.2) is 4.57 Å². The third-order valence-electron chi connectivity index (χ3n) is 15.8. The van der Waals surface area contributed by atoms with E-state index in [-0.39, 0.29) is 32.0 Å². The number of quaternary nitrogens is 1. The Bertz CT molecular complexity index is 1650. The first-order valence-electron chi connectivity index (χ1n) is 35.7. The number of nitrogens with zero attached hydrogens (tertiary/aromatic N) is 1. The molecule has 0 radical (unpaired) electrons. The number of rotatable bonds is 66. The predicted molar refractivity (Wildman–Crippen MR) is 363 cm³/mol. The van der Waals surface area contributed by atoms with Gasteiger partial charge >= 0.3 is 19.8 Å². The lowest BCUT2D eigenvalue weighted by atomic mass is 10.0. The third-order valence-corrected chi connectivity index (χ3v) is 16.7. The summed E-state index contributed by atoms with van der Waals surface area (Å²) >= 11 is 0. The number of hydrogen-bond donors (Lipinski definition) is 1. The van der Waals surface area contributed by atoms with Crippen LogP contribution in [0.4, 0.5) is 0 Å². The van der Waals surface area contributed by atoms with Gasteiger partial charge in [-0.15, -0.1) is 0 Å². The minimum absolute atomic E-state index is 0.0286. The molecule has 0 amide bonds. The van der Waals surface area contributed by atoms with Crippen LogP contribution in [0.3, 0.4) is 0 Å². The SMILES string of the molecule is CC/C=C\C/C=C\C/C=C\C/C=C\C/C=C\C/C=C\CCCCCCCCCCC(=O)OC(COC(=O)CCCCCCCCCCCCCCCCCCCCCCCCCCCCCCCCCCC)COP(=O)(O)OCC[N+](C)(C)C. The first-order chi connectivity index (χ1) is 41.0. The zero-order valence-corrected chi connectivity index (χ0v) is 56.8. The maximum atomic E-state index is 12.9. The Morgan fingerprint density at radius 3 is 1.01 bits per heavy atom. The molecule has 0 spiro atoms. The van der Waals surface area contributed by atoms with E-state index >= 15 is 0 Å². The lowest BCUT2D eigenvalue weighted by molar-refractivity contribution is -0.870. The van der Waals surface area contributed by atoms with E-state index in [1.807, 2.05) is 21.1 Å². The van der Waals surface area contributed by atoms with Crippen LogP contribution >= 0.6 is 7.82 Å². The number of hydrogen-bond acceptors (Lipinski definition) is 7. The summed E-state index contributed by atoms with van der Waals surface area (Å²) in [5, 5.41) is 0. The number of phosphoric ester groups is 1. The highest BCUT2D eigenvalue weighted by Gasteiger charge is 2.27. The van der Waals surface area contributed by atoms with Crippen molar-refractivity contribution in [2.24, 2.45) is 0 Å². The van der Waals surface area contributed by atoms with Crippen LogP contribution in [0.15, 0.2) is 72.9 Å². The van der Waals surface area contributed by atoms with E-state index in [9.17, 15) is 19.0 Å². The summed E-state index contributed by atoms with van der Waals surface area (Å²) in [5.41, 5.74) is 0. The van der Waals surface area contributed by atoms with E-state index in [1.54, 1.807) is 0 Å². The molecule has 0 aliphatic rings. The summed E-state index contributed by atoms with van der Waals surface area (Å²) in [6.45, 7) is 4.36. The highest BCUT2D eigenvalue weighted by atomic mass is 31.2. The monoisotopic (exact) mass is 1200 g/mol. The summed E-state index contributed by atoms with van der Waals surface area (Å²) < 4.78 is 34.7. The Labute approximate surface area is 520 Å². The van der Waals surface area contributed by atoms with Crippen molar-refractivity contribution in [2.75, 3.05) is 47.5 Å². The molecule has 9 nitrogen and oxygen atoms in total. The van der Waals surface area contributed by atoms with E-state index < -0.39 is 26.5 Å². The van der Waals surface area contributed by atoms with Gasteiger partial charge in [-0.2, -0.15) is 0 Å². The molecule has 2 atom stereocenters. The van der Waals surface area contributed by atoms with Gasteiger partial charge in [0.25, 0.3) is 0 Å². The van der Waals surface area contributed by atoms with E-state index in [2.05, 4.69) is 86.8 Å². The van der Waals surface area contributed by atoms with Crippen molar-refractivity contribution in [3.63, 3.8) is 0 Å². The van der Waals surface area contributed by atoms with Crippen molar-refractivity contribution in [1.29, 1.82) is 0 Å². The number of carbonyl (C=O) groups is 2. The molecular formula is C74H137NO8P+. The van der Waals surface area contributed by atoms with Gasteiger partial charge in [0.2, 0.25) is 0 Å². The first-order valence-corrected chi connectivity index (χ1v) is 37.2. The summed E-state index contributed by atoms with van der Waals surface area (Å²) in [5.74, 6) is -0.795. The molecule has 10 heteroatoms. The predicted octanol–water partition coefficient (Wildman–Crippen LogP) is 23.2. The number of ether oxygens (including phenoxy) is 2. The summed E-state index contributed by atoms with van der Waals surface area (Å²) in [7, 11) is 1.48. The quantitative estimate of drug-likeness (QED) is 0.0211. The molecule has 0 fully saturated rings. The molecule has 0 aliphatic heterocycles. The van der Waals surface area contributed by atoms with Gasteiger partial charge in [-0.1, -0.05) is 331 Å². The van der Waals surface area contributed by atoms with Crippen molar-refractivity contribution < 1.29 is 42.1 Å². The van der Waals surface area contributed by atoms with Crippen LogP contribution in [-0.2, 0) is 32.7 Å². The van der Waals surface area contributed by atoms with Crippen LogP contribution in [0, 0.1) is 0 Å². The van der Waals surface area contributed by atoms with Crippen molar-refractivity contribution in [3.05, 3.63) is 72.9 Å². The number of esters is 2. The smallest absolute Gasteiger partial charge is 0.462 e. The lowest BCUT2D eigenvalue weighted by Crippen LogP contribution is -2.37. The van der Waals surface area contributed by atoms with Gasteiger partial charge in [0, 0.05) is 12.8 Å². The molecule has 0 aromatic rings. The highest BCUT2D eigenvalue weighted by molar-refractivity contribution is 7.47. The zero-order chi connectivity index (χ0) is 61.2. The van der Waals surface area contributed by atoms with Gasteiger partial charge in [0.1, 0.15) is 19.8 Å². The topological polar surface area (TPSA) is 108 Å². The Balaban J connectivity index is 4.02. The molecule has 0 aromatic heterocycles. The molecule has 0 saturated carbocycles. The molecule has 0 aromatic carbocycles. The van der Waals surface area contributed by atoms with Gasteiger partial charge in [-0.05, 0) is 64.2 Å². The summed E-state index contributed by atoms with van der Waals surface area (Å²) in [6.07, 6.45) is 87.3. The molecule has 490 valence electrons. The molecule has 0 bridgehead atoms. The first kappa shape index (κ1) is 81.5. The van der Waals surface area contributed by atoms with Crippen molar-refractivity contribution >= 4 is 19.8 Å². The molecule has 84 heavy (non-hydrogen) atoms. The summed E-state index contributed by atoms with van der Waals surface area (Å²) in [4.78, 5) is 35.9. The average molecular weight is 1200 g/mol. The maximum absolute atomic E-state index is 12.9. The number of allylic oxidation sites excluding steroid dienone is 12. The molecule has 0 heterocycles. The van der Waals surface area contributed by atoms with Crippen LogP contribution in [0.2, 0.25) is 0 Å². The van der Waals surface area contributed by atoms with E-state index in [0.29, 0.717) is 17.4 Å². The van der Waals surface area contributed by atoms with Crippen LogP contribution in [-0.4, -0.2) is 74.9 Å². The van der Waals surface area contributed by atoms with Gasteiger partial charge < -0.3 is 18.9 Å². The summed E-state index contributed by atoms with van der Waals surface area (Å²) in [6, 6.07) is 0. The Morgan fingerprint density at radius 2 is 0.679 bits per heavy atom. The highest BCUT2D eigenvalue weighted by Crippen LogP contribution is 2.43. The van der Waals surface area contributed by atoms with Crippen molar-refractivity contribution in [3.8, 4) is 0 Å². The van der Waals surface area contributed by atoms with Crippen LogP contribution < -0.4 is 0 Å². The second-order valence-electron chi connectivity index (χ2n) is 25.3. The van der Waals surface area contributed by atoms with Crippen LogP contribution in [0.5, 0.6) is 0 Å². The van der Waals surface area contributed by atoms with Crippen LogP contribution in [0.25, 0.3) is 0 Å². The lowest BCUT2D eigenvalue weighted by Gasteiger charge is -2.24. The minimum atomic E-state index is -4.40. The third kappa shape index (κ3) is 68.6. The van der Waals surface area contributed by atoms with Crippen molar-refractivity contribution in [2.45, 2.75) is 341 Å². The van der Waals surface area contributed by atoms with Gasteiger partial charge in [0.15, 0.2) is 6.10 Å². The minimum Gasteiger partial charge on any atom is -0.462 e. The fourth-order valence-corrected chi connectivity index (χ4v) is 11.1. The fraction of sp³-hybridized carbons (Fsp3) is 0.811. The van der Waals surface area contributed by atoms with E-state index in [1.165, 1.54) is 218 Å². The zero-order valence-electron chi connectivity index (χ0n) is 55.9. The number of likely N-dealkylation sites (N-methyl/N-ethyl adjacent to an activating group) is 1. The maximum Gasteiger partial charge on any atom is 0.472 e. The Hall–Kier alpha value is -2.55. The number of unbranched alkanes of at least 4 members (excludes halogenated alkanes) is 40. The van der Waals surface area contributed by atoms with Crippen LogP contribution in [0.1, 0.15) is 335 Å². The second kappa shape index (κ2) is 64.9. The van der Waals surface area contributed by atoms with E-state index in [0.717, 1.165) is 83.5 Å². The Morgan fingerprint density at radius 1 is 0.381 bits per heavy atom. The molecule has 0 aliphatic carbocycles. The second-order valence-corrected chi connectivity index (χ2v) is 26.7. The normalized spacial score (nSPS) is 13.5. The van der Waals surface area contributed by atoms with Crippen molar-refractivity contribution in [1.82, 2.24) is 0 Å². The van der Waals surface area contributed by atoms with E-state index in [4.69, 9.17) is 18.5 Å². The molecule has 2 unspecified atom stereocenters. The number of carbonyl (C=O) groups excluding carboxylic acids is 2. The standard InChI is InChI=1S/C74H136NO8P/c1-6-8-10-12-14-16-18-20-22-24-26-28-30-32-34-35-36-37-38-39-41-42-44-46-48-50-52-54-56-58-60-62-64-66-73(76)80-70-72(71-82-84(78,79)81-69-68-75(3,4)5)83-74(77)67-65-63-61-59-57-55-53-51-49-47-45-43-40-33-31-29-27-25-23-21-19-17-15-13-11-9-7-2/h9,11,15,17,21,23,27,29,33,40,45,47,72H,6-8,10,12-14,16,18-20,22,24-26,28,30-32,34-39,41-44,46,48-71H2,1-5H3/p+1/b11-9-,17-15-,23-21-,29-27-,40-33-,47-45-. The molecular weight excluding hydrogens is 1060 g/mol. The van der Waals surface area contributed by atoms with Gasteiger partial charge in [0.05, 0.1) is 27.7 Å². The average Bonchev–Trinajstić information content (AvgIpc) is 3.61. The number of phosphoric acid groups is 1. The van der Waals surface area contributed by atoms with Gasteiger partial charge in [-0.3, -0.25) is 18.6 Å². The molecule has 0 saturated heterocycles. The Kier molecular flexibility index (Phi) is 62.9. The molecule has 0 rings (SSSR count). The fourth-order valence-electron chi connectivity index (χ4n) is 10.3. The molecule has 1 N–H and O–H groups in total.